The molecule has 1 radical (unpaired) electrons. The van der Waals surface area contributed by atoms with E-state index in [2.05, 4.69) is 0 Å². The summed E-state index contributed by atoms with van der Waals surface area (Å²) in [6.07, 6.45) is 7.17. The molecule has 1 saturated heterocycles. The van der Waals surface area contributed by atoms with E-state index in [4.69, 9.17) is 4.74 Å². The SMILES string of the molecule is COC1CCC(CCc2ccc(C3CC(C)(C)N([O])C(C)(C)C3)c(F)c2F)CC1. The Kier molecular flexibility index (Phi) is 6.72. The number of hydrogen-bond acceptors (Lipinski definition) is 2. The Morgan fingerprint density at radius 3 is 2.14 bits per heavy atom. The zero-order chi connectivity index (χ0) is 21.4. The third-order valence-electron chi connectivity index (χ3n) is 7.17. The van der Waals surface area contributed by atoms with Crippen molar-refractivity contribution in [1.29, 1.82) is 0 Å². The summed E-state index contributed by atoms with van der Waals surface area (Å²) in [6, 6.07) is 3.52. The van der Waals surface area contributed by atoms with Gasteiger partial charge in [0.05, 0.1) is 6.10 Å². The molecular weight excluding hydrogens is 372 g/mol. The van der Waals surface area contributed by atoms with Gasteiger partial charge in [-0.3, -0.25) is 0 Å². The number of nitrogens with zero attached hydrogens (tertiary/aromatic N) is 1. The summed E-state index contributed by atoms with van der Waals surface area (Å²) < 4.78 is 35.3. The summed E-state index contributed by atoms with van der Waals surface area (Å²) in [7, 11) is 1.76. The van der Waals surface area contributed by atoms with Crippen LogP contribution in [0.5, 0.6) is 0 Å². The maximum absolute atomic E-state index is 15.0. The predicted molar refractivity (Wildman–Crippen MR) is 110 cm³/mol. The molecule has 5 heteroatoms. The second-order valence-electron chi connectivity index (χ2n) is 10.4. The number of halogens is 2. The number of benzene rings is 1. The minimum Gasteiger partial charge on any atom is -0.381 e. The van der Waals surface area contributed by atoms with Gasteiger partial charge >= 0.3 is 0 Å². The molecular formula is C24H36F2NO2. The minimum absolute atomic E-state index is 0.155. The van der Waals surface area contributed by atoms with E-state index in [1.54, 1.807) is 19.2 Å². The molecule has 1 aromatic carbocycles. The number of methoxy groups -OCH3 is 1. The highest BCUT2D eigenvalue weighted by atomic mass is 19.2. The van der Waals surface area contributed by atoms with Crippen molar-refractivity contribution < 1.29 is 18.7 Å². The molecule has 0 amide bonds. The molecule has 1 aliphatic heterocycles. The average Bonchev–Trinajstić information content (AvgIpc) is 2.67. The fraction of sp³-hybridized carbons (Fsp3) is 0.750. The molecule has 163 valence electrons. The van der Waals surface area contributed by atoms with Gasteiger partial charge in [-0.1, -0.05) is 12.1 Å². The number of ether oxygens (including phenoxy) is 1. The van der Waals surface area contributed by atoms with Crippen LogP contribution in [0, 0.1) is 17.6 Å². The lowest BCUT2D eigenvalue weighted by Crippen LogP contribution is -2.57. The molecule has 3 rings (SSSR count). The summed E-state index contributed by atoms with van der Waals surface area (Å²) in [5, 5.41) is 13.7. The number of hydrogen-bond donors (Lipinski definition) is 0. The van der Waals surface area contributed by atoms with Gasteiger partial charge in [0.15, 0.2) is 11.6 Å². The quantitative estimate of drug-likeness (QED) is 0.582. The maximum Gasteiger partial charge on any atom is 0.162 e. The monoisotopic (exact) mass is 408 g/mol. The van der Waals surface area contributed by atoms with Gasteiger partial charge in [-0.05, 0) is 102 Å². The Balaban J connectivity index is 1.70. The number of piperidine rings is 1. The molecule has 1 saturated carbocycles. The summed E-state index contributed by atoms with van der Waals surface area (Å²) in [5.74, 6) is -1.01. The third kappa shape index (κ3) is 4.83. The molecule has 2 fully saturated rings. The van der Waals surface area contributed by atoms with Gasteiger partial charge in [-0.25, -0.2) is 8.78 Å². The lowest BCUT2D eigenvalue weighted by molar-refractivity contribution is -0.289. The highest BCUT2D eigenvalue weighted by Crippen LogP contribution is 2.45. The van der Waals surface area contributed by atoms with Crippen LogP contribution < -0.4 is 0 Å². The van der Waals surface area contributed by atoms with Crippen molar-refractivity contribution in [3.63, 3.8) is 0 Å². The first-order valence-electron chi connectivity index (χ1n) is 11.0. The summed E-state index contributed by atoms with van der Waals surface area (Å²) in [5.41, 5.74) is -0.314. The van der Waals surface area contributed by atoms with Crippen LogP contribution in [0.2, 0.25) is 0 Å². The van der Waals surface area contributed by atoms with Crippen LogP contribution in [0.25, 0.3) is 0 Å². The molecule has 29 heavy (non-hydrogen) atoms. The van der Waals surface area contributed by atoms with Gasteiger partial charge in [0.1, 0.15) is 0 Å². The predicted octanol–water partition coefficient (Wildman–Crippen LogP) is 6.18. The van der Waals surface area contributed by atoms with Crippen LogP contribution >= 0.6 is 0 Å². The fourth-order valence-corrected chi connectivity index (χ4v) is 5.61. The highest BCUT2D eigenvalue weighted by molar-refractivity contribution is 5.30. The van der Waals surface area contributed by atoms with Crippen molar-refractivity contribution in [3.05, 3.63) is 34.9 Å². The zero-order valence-corrected chi connectivity index (χ0v) is 18.6. The van der Waals surface area contributed by atoms with E-state index in [1.807, 2.05) is 27.7 Å². The highest BCUT2D eigenvalue weighted by Gasteiger charge is 2.47. The fourth-order valence-electron chi connectivity index (χ4n) is 5.61. The van der Waals surface area contributed by atoms with Crippen LogP contribution in [-0.4, -0.2) is 29.4 Å². The first-order valence-corrected chi connectivity index (χ1v) is 11.0. The van der Waals surface area contributed by atoms with Gasteiger partial charge in [0.25, 0.3) is 0 Å². The van der Waals surface area contributed by atoms with Gasteiger partial charge in [0, 0.05) is 18.2 Å². The Labute approximate surface area is 174 Å². The Bertz CT molecular complexity index is 693. The van der Waals surface area contributed by atoms with E-state index < -0.39 is 22.7 Å². The molecule has 0 aromatic heterocycles. The standard InChI is InChI=1S/C24H36F2NO2/c1-23(2)14-18(15-24(3,4)27(23)28)20-13-10-17(21(25)22(20)26)9-6-16-7-11-19(29-5)12-8-16/h10,13,16,18-19H,6-9,11-12,14-15H2,1-5H3. The lowest BCUT2D eigenvalue weighted by atomic mass is 9.72. The van der Waals surface area contributed by atoms with E-state index in [9.17, 15) is 9.60 Å². The summed E-state index contributed by atoms with van der Waals surface area (Å²) in [6.45, 7) is 7.54. The summed E-state index contributed by atoms with van der Waals surface area (Å²) >= 11 is 0. The number of rotatable bonds is 5. The van der Waals surface area contributed by atoms with Crippen molar-refractivity contribution in [3.8, 4) is 0 Å². The van der Waals surface area contributed by atoms with Gasteiger partial charge in [0.2, 0.25) is 0 Å². The maximum atomic E-state index is 15.0. The molecule has 0 unspecified atom stereocenters. The molecule has 3 nitrogen and oxygen atoms in total. The van der Waals surface area contributed by atoms with Crippen molar-refractivity contribution >= 4 is 0 Å². The Morgan fingerprint density at radius 2 is 1.59 bits per heavy atom. The molecule has 2 aliphatic rings. The third-order valence-corrected chi connectivity index (χ3v) is 7.17. The zero-order valence-electron chi connectivity index (χ0n) is 18.6. The van der Waals surface area contributed by atoms with Crippen molar-refractivity contribution in [1.82, 2.24) is 5.06 Å². The van der Waals surface area contributed by atoms with E-state index >= 15 is 4.39 Å². The molecule has 1 aliphatic carbocycles. The van der Waals surface area contributed by atoms with Crippen LogP contribution in [0.1, 0.15) is 89.7 Å². The van der Waals surface area contributed by atoms with E-state index in [-0.39, 0.29) is 5.92 Å². The van der Waals surface area contributed by atoms with E-state index in [0.717, 1.165) is 37.2 Å². The first-order chi connectivity index (χ1) is 13.5. The molecule has 0 spiro atoms. The van der Waals surface area contributed by atoms with Gasteiger partial charge in [-0.2, -0.15) is 0 Å². The molecule has 1 heterocycles. The van der Waals surface area contributed by atoms with Crippen LogP contribution in [0.15, 0.2) is 12.1 Å². The Morgan fingerprint density at radius 1 is 1.00 bits per heavy atom. The second kappa shape index (κ2) is 8.60. The normalized spacial score (nSPS) is 27.9. The van der Waals surface area contributed by atoms with Crippen LogP contribution in [-0.2, 0) is 16.4 Å². The van der Waals surface area contributed by atoms with Crippen LogP contribution in [0.4, 0.5) is 8.78 Å². The molecule has 0 bridgehead atoms. The summed E-state index contributed by atoms with van der Waals surface area (Å²) in [4.78, 5) is 0. The smallest absolute Gasteiger partial charge is 0.162 e. The first kappa shape index (κ1) is 22.6. The largest absolute Gasteiger partial charge is 0.381 e. The second-order valence-corrected chi connectivity index (χ2v) is 10.4. The van der Waals surface area contributed by atoms with Crippen molar-refractivity contribution in [2.24, 2.45) is 5.92 Å². The average molecular weight is 409 g/mol. The van der Waals surface area contributed by atoms with Gasteiger partial charge < -0.3 is 4.74 Å². The molecule has 0 atom stereocenters. The van der Waals surface area contributed by atoms with E-state index in [0.29, 0.717) is 42.4 Å². The van der Waals surface area contributed by atoms with Crippen molar-refractivity contribution in [2.45, 2.75) is 102 Å². The lowest BCUT2D eigenvalue weighted by Gasteiger charge is -2.50. The molecule has 0 N–H and O–H groups in total. The number of hydroxylamine groups is 2. The topological polar surface area (TPSA) is 32.4 Å². The number of aryl methyl sites for hydroxylation is 1. The Hall–Kier alpha value is -1.04. The van der Waals surface area contributed by atoms with Crippen LogP contribution in [0.3, 0.4) is 0 Å². The molecule has 1 aromatic rings. The minimum atomic E-state index is -0.721. The van der Waals surface area contributed by atoms with E-state index in [1.165, 1.54) is 0 Å². The van der Waals surface area contributed by atoms with Crippen molar-refractivity contribution in [2.75, 3.05) is 7.11 Å². The van der Waals surface area contributed by atoms with Gasteiger partial charge in [-0.15, -0.1) is 10.3 Å².